The standard InChI is InChI=1S/C16H16N4O2S/c1-12-6-7-14(19-23(2,21)22)9-16(12)13-4-3-5-15(8-13)20-11-17-10-18-20/h3-11,19H,1-2H3. The molecule has 0 radical (unpaired) electrons. The van der Waals surface area contributed by atoms with Gasteiger partial charge in [-0.15, -0.1) is 0 Å². The number of sulfonamides is 1. The van der Waals surface area contributed by atoms with Crippen LogP contribution in [0.1, 0.15) is 5.56 Å². The zero-order valence-corrected chi connectivity index (χ0v) is 13.6. The minimum Gasteiger partial charge on any atom is -0.284 e. The van der Waals surface area contributed by atoms with Crippen molar-refractivity contribution in [3.63, 3.8) is 0 Å². The topological polar surface area (TPSA) is 76.9 Å². The van der Waals surface area contributed by atoms with Crippen LogP contribution in [0.3, 0.4) is 0 Å². The molecule has 0 aliphatic carbocycles. The molecule has 0 aliphatic heterocycles. The molecule has 0 atom stereocenters. The van der Waals surface area contributed by atoms with E-state index in [2.05, 4.69) is 14.8 Å². The fourth-order valence-corrected chi connectivity index (χ4v) is 2.92. The van der Waals surface area contributed by atoms with Gasteiger partial charge in [-0.3, -0.25) is 4.72 Å². The minimum atomic E-state index is -3.30. The van der Waals surface area contributed by atoms with Crippen molar-refractivity contribution in [3.05, 3.63) is 60.7 Å². The smallest absolute Gasteiger partial charge is 0.229 e. The summed E-state index contributed by atoms with van der Waals surface area (Å²) in [6.07, 6.45) is 4.25. The quantitative estimate of drug-likeness (QED) is 0.798. The van der Waals surface area contributed by atoms with Crippen LogP contribution in [-0.2, 0) is 10.0 Å². The van der Waals surface area contributed by atoms with Crippen LogP contribution >= 0.6 is 0 Å². The summed E-state index contributed by atoms with van der Waals surface area (Å²) in [6, 6.07) is 13.3. The molecule has 0 amide bonds. The maximum atomic E-state index is 11.4. The second kappa shape index (κ2) is 5.85. The van der Waals surface area contributed by atoms with E-state index in [4.69, 9.17) is 0 Å². The third kappa shape index (κ3) is 3.57. The van der Waals surface area contributed by atoms with Crippen LogP contribution in [0.15, 0.2) is 55.1 Å². The molecule has 2 aromatic carbocycles. The molecule has 3 aromatic rings. The van der Waals surface area contributed by atoms with Crippen molar-refractivity contribution >= 4 is 15.7 Å². The third-order valence-electron chi connectivity index (χ3n) is 3.38. The number of benzene rings is 2. The highest BCUT2D eigenvalue weighted by Gasteiger charge is 2.08. The van der Waals surface area contributed by atoms with E-state index in [1.54, 1.807) is 17.1 Å². The summed E-state index contributed by atoms with van der Waals surface area (Å²) in [4.78, 5) is 3.95. The molecule has 0 saturated carbocycles. The predicted octanol–water partition coefficient (Wildman–Crippen LogP) is 2.61. The van der Waals surface area contributed by atoms with Gasteiger partial charge >= 0.3 is 0 Å². The van der Waals surface area contributed by atoms with Crippen LogP contribution in [0.4, 0.5) is 5.69 Å². The van der Waals surface area contributed by atoms with Crippen LogP contribution in [0.2, 0.25) is 0 Å². The Kier molecular flexibility index (Phi) is 3.87. The summed E-state index contributed by atoms with van der Waals surface area (Å²) in [5.74, 6) is 0. The first kappa shape index (κ1) is 15.2. The second-order valence-electron chi connectivity index (χ2n) is 5.29. The van der Waals surface area contributed by atoms with E-state index < -0.39 is 10.0 Å². The molecule has 0 unspecified atom stereocenters. The number of hydrogen-bond donors (Lipinski definition) is 1. The minimum absolute atomic E-state index is 0.541. The lowest BCUT2D eigenvalue weighted by atomic mass is 9.99. The fraction of sp³-hybridized carbons (Fsp3) is 0.125. The van der Waals surface area contributed by atoms with Gasteiger partial charge in [-0.1, -0.05) is 18.2 Å². The lowest BCUT2D eigenvalue weighted by Gasteiger charge is -2.11. The Morgan fingerprint density at radius 1 is 1.13 bits per heavy atom. The average Bonchev–Trinajstić information content (AvgIpc) is 3.02. The first-order valence-electron chi connectivity index (χ1n) is 6.96. The molecule has 6 nitrogen and oxygen atoms in total. The molecule has 118 valence electrons. The Hall–Kier alpha value is -2.67. The van der Waals surface area contributed by atoms with Gasteiger partial charge in [0.05, 0.1) is 11.9 Å². The largest absolute Gasteiger partial charge is 0.284 e. The molecule has 0 aliphatic rings. The molecule has 1 aromatic heterocycles. The third-order valence-corrected chi connectivity index (χ3v) is 3.99. The van der Waals surface area contributed by atoms with E-state index in [1.165, 1.54) is 6.33 Å². The first-order chi connectivity index (χ1) is 10.9. The van der Waals surface area contributed by atoms with Crippen LogP contribution in [0.5, 0.6) is 0 Å². The normalized spacial score (nSPS) is 11.4. The van der Waals surface area contributed by atoms with E-state index in [9.17, 15) is 8.42 Å². The molecule has 7 heteroatoms. The Bertz CT molecular complexity index is 934. The van der Waals surface area contributed by atoms with Gasteiger partial charge in [-0.2, -0.15) is 5.10 Å². The second-order valence-corrected chi connectivity index (χ2v) is 7.04. The number of nitrogens with zero attached hydrogens (tertiary/aromatic N) is 3. The van der Waals surface area contributed by atoms with E-state index >= 15 is 0 Å². The van der Waals surface area contributed by atoms with Crippen molar-refractivity contribution in [2.75, 3.05) is 11.0 Å². The molecule has 0 fully saturated rings. The van der Waals surface area contributed by atoms with E-state index in [0.717, 1.165) is 28.6 Å². The van der Waals surface area contributed by atoms with Gasteiger partial charge in [0.15, 0.2) is 0 Å². The number of anilines is 1. The monoisotopic (exact) mass is 328 g/mol. The van der Waals surface area contributed by atoms with Crippen LogP contribution in [0.25, 0.3) is 16.8 Å². The van der Waals surface area contributed by atoms with E-state index in [-0.39, 0.29) is 0 Å². The Morgan fingerprint density at radius 2 is 1.96 bits per heavy atom. The van der Waals surface area contributed by atoms with Gasteiger partial charge in [-0.05, 0) is 47.9 Å². The van der Waals surface area contributed by atoms with Gasteiger partial charge < -0.3 is 0 Å². The van der Waals surface area contributed by atoms with Crippen LogP contribution in [0, 0.1) is 6.92 Å². The van der Waals surface area contributed by atoms with Crippen molar-refractivity contribution < 1.29 is 8.42 Å². The fourth-order valence-electron chi connectivity index (χ4n) is 2.37. The maximum Gasteiger partial charge on any atom is 0.229 e. The molecule has 1 N–H and O–H groups in total. The van der Waals surface area contributed by atoms with Crippen LogP contribution < -0.4 is 4.72 Å². The summed E-state index contributed by atoms with van der Waals surface area (Å²) < 4.78 is 27.0. The average molecular weight is 328 g/mol. The molecule has 0 saturated heterocycles. The molecular weight excluding hydrogens is 312 g/mol. The summed E-state index contributed by atoms with van der Waals surface area (Å²) in [5, 5.41) is 4.12. The van der Waals surface area contributed by atoms with Crippen molar-refractivity contribution in [2.24, 2.45) is 0 Å². The van der Waals surface area contributed by atoms with Gasteiger partial charge in [-0.25, -0.2) is 18.1 Å². The number of hydrogen-bond acceptors (Lipinski definition) is 4. The van der Waals surface area contributed by atoms with Crippen molar-refractivity contribution in [3.8, 4) is 16.8 Å². The number of nitrogens with one attached hydrogen (secondary N) is 1. The Labute approximate surface area is 134 Å². The van der Waals surface area contributed by atoms with Crippen LogP contribution in [-0.4, -0.2) is 29.4 Å². The highest BCUT2D eigenvalue weighted by molar-refractivity contribution is 7.92. The van der Waals surface area contributed by atoms with Crippen molar-refractivity contribution in [1.29, 1.82) is 0 Å². The zero-order chi connectivity index (χ0) is 16.4. The summed E-state index contributed by atoms with van der Waals surface area (Å²) in [6.45, 7) is 1.99. The molecule has 0 spiro atoms. The Morgan fingerprint density at radius 3 is 2.65 bits per heavy atom. The Balaban J connectivity index is 2.04. The van der Waals surface area contributed by atoms with Gasteiger partial charge in [0.1, 0.15) is 12.7 Å². The number of aromatic nitrogens is 3. The molecular formula is C16H16N4O2S. The summed E-state index contributed by atoms with van der Waals surface area (Å²) in [7, 11) is -3.30. The molecule has 23 heavy (non-hydrogen) atoms. The lowest BCUT2D eigenvalue weighted by Crippen LogP contribution is -2.09. The van der Waals surface area contributed by atoms with Gasteiger partial charge in [0.2, 0.25) is 10.0 Å². The van der Waals surface area contributed by atoms with Gasteiger partial charge in [0, 0.05) is 5.69 Å². The molecule has 1 heterocycles. The number of rotatable bonds is 4. The highest BCUT2D eigenvalue weighted by Crippen LogP contribution is 2.28. The van der Waals surface area contributed by atoms with E-state index in [1.807, 2.05) is 43.3 Å². The SMILES string of the molecule is Cc1ccc(NS(C)(=O)=O)cc1-c1cccc(-n2cncn2)c1. The maximum absolute atomic E-state index is 11.4. The number of aryl methyl sites for hydroxylation is 1. The molecule has 0 bridgehead atoms. The zero-order valence-electron chi connectivity index (χ0n) is 12.8. The summed E-state index contributed by atoms with van der Waals surface area (Å²) >= 11 is 0. The van der Waals surface area contributed by atoms with E-state index in [0.29, 0.717) is 5.69 Å². The van der Waals surface area contributed by atoms with Gasteiger partial charge in [0.25, 0.3) is 0 Å². The lowest BCUT2D eigenvalue weighted by molar-refractivity contribution is 0.607. The first-order valence-corrected chi connectivity index (χ1v) is 8.85. The summed E-state index contributed by atoms with van der Waals surface area (Å²) in [5.41, 5.74) is 4.42. The highest BCUT2D eigenvalue weighted by atomic mass is 32.2. The van der Waals surface area contributed by atoms with Crippen molar-refractivity contribution in [2.45, 2.75) is 6.92 Å². The van der Waals surface area contributed by atoms with Crippen molar-refractivity contribution in [1.82, 2.24) is 14.8 Å². The molecule has 3 rings (SSSR count). The predicted molar refractivity (Wildman–Crippen MR) is 90.0 cm³/mol.